The first kappa shape index (κ1) is 22.0. The van der Waals surface area contributed by atoms with Gasteiger partial charge in [0.05, 0.1) is 17.4 Å². The first-order chi connectivity index (χ1) is 14.2. The lowest BCUT2D eigenvalue weighted by atomic mass is 9.95. The molecule has 8 heteroatoms. The van der Waals surface area contributed by atoms with Gasteiger partial charge in [0.2, 0.25) is 15.9 Å². The summed E-state index contributed by atoms with van der Waals surface area (Å²) in [5.74, 6) is -0.845. The van der Waals surface area contributed by atoms with E-state index in [4.69, 9.17) is 5.41 Å². The van der Waals surface area contributed by atoms with Crippen LogP contribution in [0.25, 0.3) is 0 Å². The third-order valence-corrected chi connectivity index (χ3v) is 7.20. The highest BCUT2D eigenvalue weighted by molar-refractivity contribution is 7.89. The van der Waals surface area contributed by atoms with Gasteiger partial charge in [0.25, 0.3) is 0 Å². The van der Waals surface area contributed by atoms with Crippen LogP contribution in [0.15, 0.2) is 53.4 Å². The number of nitrogens with zero attached hydrogens (tertiary/aromatic N) is 2. The molecule has 160 valence electrons. The summed E-state index contributed by atoms with van der Waals surface area (Å²) in [4.78, 5) is 14.9. The molecule has 1 atom stereocenters. The number of para-hydroxylation sites is 1. The third-order valence-electron chi connectivity index (χ3n) is 5.34. The van der Waals surface area contributed by atoms with Crippen molar-refractivity contribution in [3.8, 4) is 0 Å². The molecule has 1 saturated heterocycles. The summed E-state index contributed by atoms with van der Waals surface area (Å²) >= 11 is 0. The average molecular weight is 429 g/mol. The number of hydrogen-bond acceptors (Lipinski definition) is 5. The molecule has 30 heavy (non-hydrogen) atoms. The van der Waals surface area contributed by atoms with Crippen molar-refractivity contribution in [3.63, 3.8) is 0 Å². The minimum Gasteiger partial charge on any atom is -0.377 e. The van der Waals surface area contributed by atoms with Crippen LogP contribution >= 0.6 is 0 Å². The maximum atomic E-state index is 12.9. The van der Waals surface area contributed by atoms with E-state index in [0.717, 1.165) is 16.8 Å². The van der Waals surface area contributed by atoms with Crippen LogP contribution < -0.4 is 10.2 Å². The fourth-order valence-corrected chi connectivity index (χ4v) is 5.02. The van der Waals surface area contributed by atoms with Gasteiger partial charge in [-0.1, -0.05) is 35.9 Å². The summed E-state index contributed by atoms with van der Waals surface area (Å²) < 4.78 is 27.0. The van der Waals surface area contributed by atoms with Gasteiger partial charge in [0.1, 0.15) is 0 Å². The number of hydrogen-bond donors (Lipinski definition) is 2. The summed E-state index contributed by atoms with van der Waals surface area (Å²) in [5.41, 5.74) is 3.11. The highest BCUT2D eigenvalue weighted by atomic mass is 32.2. The molecule has 0 bridgehead atoms. The van der Waals surface area contributed by atoms with Crippen LogP contribution in [0, 0.1) is 18.3 Å². The average Bonchev–Trinajstić information content (AvgIpc) is 2.72. The zero-order chi connectivity index (χ0) is 21.9. The van der Waals surface area contributed by atoms with Crippen LogP contribution in [-0.2, 0) is 21.4 Å². The molecule has 1 fully saturated rings. The minimum atomic E-state index is -3.68. The normalized spacial score (nSPS) is 17.6. The van der Waals surface area contributed by atoms with Gasteiger partial charge in [-0.05, 0) is 37.1 Å². The minimum absolute atomic E-state index is 0.0669. The molecule has 0 saturated carbocycles. The number of nitrogens with one attached hydrogen (secondary N) is 2. The summed E-state index contributed by atoms with van der Waals surface area (Å²) in [6.45, 7) is 2.41. The van der Waals surface area contributed by atoms with Crippen molar-refractivity contribution in [3.05, 3.63) is 59.7 Å². The topological polar surface area (TPSA) is 93.6 Å². The SMILES string of the molecule is Cc1ccc(S(=O)(=O)N2CCC(C(=O)NCc3ccccc3N(C)C)C(=N)C2)cc1. The van der Waals surface area contributed by atoms with Crippen LogP contribution in [0.5, 0.6) is 0 Å². The van der Waals surface area contributed by atoms with Crippen LogP contribution in [0.1, 0.15) is 17.5 Å². The maximum absolute atomic E-state index is 12.9. The van der Waals surface area contributed by atoms with E-state index in [-0.39, 0.29) is 29.6 Å². The molecular weight excluding hydrogens is 400 g/mol. The van der Waals surface area contributed by atoms with Gasteiger partial charge in [-0.3, -0.25) is 4.79 Å². The summed E-state index contributed by atoms with van der Waals surface area (Å²) in [7, 11) is 0.214. The molecule has 0 radical (unpaired) electrons. The van der Waals surface area contributed by atoms with Crippen molar-refractivity contribution in [1.82, 2.24) is 9.62 Å². The third kappa shape index (κ3) is 4.71. The van der Waals surface area contributed by atoms with Crippen molar-refractivity contribution in [2.75, 3.05) is 32.1 Å². The largest absolute Gasteiger partial charge is 0.377 e. The molecular formula is C22H28N4O3S. The highest BCUT2D eigenvalue weighted by Gasteiger charge is 2.35. The number of piperidine rings is 1. The Hall–Kier alpha value is -2.71. The number of amides is 1. The standard InChI is InChI=1S/C22H28N4O3S/c1-16-8-10-18(11-9-16)30(28,29)26-13-12-19(20(23)15-26)22(27)24-14-17-6-4-5-7-21(17)25(2)3/h4-11,19,23H,12-15H2,1-3H3,(H,24,27). The highest BCUT2D eigenvalue weighted by Crippen LogP contribution is 2.23. The van der Waals surface area contributed by atoms with Gasteiger partial charge < -0.3 is 15.6 Å². The van der Waals surface area contributed by atoms with E-state index >= 15 is 0 Å². The Morgan fingerprint density at radius 2 is 1.83 bits per heavy atom. The molecule has 1 unspecified atom stereocenters. The predicted molar refractivity (Wildman–Crippen MR) is 118 cm³/mol. The number of carbonyl (C=O) groups is 1. The van der Waals surface area contributed by atoms with Gasteiger partial charge in [-0.2, -0.15) is 4.31 Å². The second-order valence-electron chi connectivity index (χ2n) is 7.76. The number of rotatable bonds is 6. The predicted octanol–water partition coefficient (Wildman–Crippen LogP) is 2.41. The molecule has 2 aromatic rings. The Labute approximate surface area is 178 Å². The van der Waals surface area contributed by atoms with E-state index in [1.807, 2.05) is 50.2 Å². The Morgan fingerprint density at radius 1 is 1.17 bits per heavy atom. The number of benzene rings is 2. The molecule has 7 nitrogen and oxygen atoms in total. The molecule has 1 aliphatic heterocycles. The van der Waals surface area contributed by atoms with Crippen LogP contribution in [-0.4, -0.2) is 51.5 Å². The summed E-state index contributed by atoms with van der Waals surface area (Å²) in [6.07, 6.45) is 0.297. The Balaban J connectivity index is 1.63. The molecule has 1 heterocycles. The number of sulfonamides is 1. The smallest absolute Gasteiger partial charge is 0.243 e. The lowest BCUT2D eigenvalue weighted by Crippen LogP contribution is -2.48. The number of aryl methyl sites for hydroxylation is 1. The van der Waals surface area contributed by atoms with Crippen molar-refractivity contribution in [2.24, 2.45) is 5.92 Å². The van der Waals surface area contributed by atoms with E-state index in [9.17, 15) is 13.2 Å². The van der Waals surface area contributed by atoms with E-state index in [2.05, 4.69) is 5.32 Å². The molecule has 1 amide bonds. The molecule has 2 aromatic carbocycles. The quantitative estimate of drug-likeness (QED) is 0.739. The lowest BCUT2D eigenvalue weighted by molar-refractivity contribution is -0.123. The van der Waals surface area contributed by atoms with Crippen molar-refractivity contribution in [1.29, 1.82) is 5.41 Å². The van der Waals surface area contributed by atoms with Gasteiger partial charge in [0, 0.05) is 38.6 Å². The van der Waals surface area contributed by atoms with E-state index in [0.29, 0.717) is 13.0 Å². The van der Waals surface area contributed by atoms with E-state index in [1.165, 1.54) is 4.31 Å². The molecule has 0 spiro atoms. The first-order valence-corrected chi connectivity index (χ1v) is 11.3. The molecule has 2 N–H and O–H groups in total. The Morgan fingerprint density at radius 3 is 2.47 bits per heavy atom. The van der Waals surface area contributed by atoms with Crippen molar-refractivity contribution >= 4 is 27.3 Å². The van der Waals surface area contributed by atoms with Gasteiger partial charge in [-0.15, -0.1) is 0 Å². The summed E-state index contributed by atoms with van der Waals surface area (Å²) in [6, 6.07) is 14.5. The second kappa shape index (κ2) is 8.97. The lowest BCUT2D eigenvalue weighted by Gasteiger charge is -2.31. The number of anilines is 1. The number of carbonyl (C=O) groups excluding carboxylic acids is 1. The Kier molecular flexibility index (Phi) is 6.58. The maximum Gasteiger partial charge on any atom is 0.243 e. The Bertz CT molecular complexity index is 1030. The fraction of sp³-hybridized carbons (Fsp3) is 0.364. The van der Waals surface area contributed by atoms with Crippen LogP contribution in [0.3, 0.4) is 0 Å². The molecule has 0 aliphatic carbocycles. The van der Waals surface area contributed by atoms with E-state index in [1.54, 1.807) is 24.3 Å². The fourth-order valence-electron chi connectivity index (χ4n) is 3.58. The monoisotopic (exact) mass is 428 g/mol. The molecule has 3 rings (SSSR count). The van der Waals surface area contributed by atoms with E-state index < -0.39 is 15.9 Å². The molecule has 1 aliphatic rings. The van der Waals surface area contributed by atoms with Gasteiger partial charge in [-0.25, -0.2) is 8.42 Å². The van der Waals surface area contributed by atoms with Gasteiger partial charge in [0.15, 0.2) is 0 Å². The second-order valence-corrected chi connectivity index (χ2v) is 9.70. The zero-order valence-corrected chi connectivity index (χ0v) is 18.4. The first-order valence-electron chi connectivity index (χ1n) is 9.87. The van der Waals surface area contributed by atoms with Crippen molar-refractivity contribution < 1.29 is 13.2 Å². The van der Waals surface area contributed by atoms with Gasteiger partial charge >= 0.3 is 0 Å². The molecule has 0 aromatic heterocycles. The van der Waals surface area contributed by atoms with Crippen LogP contribution in [0.4, 0.5) is 5.69 Å². The zero-order valence-electron chi connectivity index (χ0n) is 17.6. The summed E-state index contributed by atoms with van der Waals surface area (Å²) in [5, 5.41) is 11.2. The van der Waals surface area contributed by atoms with Crippen LogP contribution in [0.2, 0.25) is 0 Å². The van der Waals surface area contributed by atoms with Crippen molar-refractivity contribution in [2.45, 2.75) is 24.8 Å².